The van der Waals surface area contributed by atoms with Crippen LogP contribution >= 0.6 is 0 Å². The zero-order valence-corrected chi connectivity index (χ0v) is 13.0. The lowest BCUT2D eigenvalue weighted by atomic mass is 9.81. The number of carboxylic acid groups (broad SMARTS) is 1. The van der Waals surface area contributed by atoms with Crippen molar-refractivity contribution < 1.29 is 19.8 Å². The van der Waals surface area contributed by atoms with Crippen LogP contribution in [0.25, 0.3) is 0 Å². The second kappa shape index (κ2) is 6.10. The number of hydrogen-bond acceptors (Lipinski definition) is 3. The molecule has 1 aromatic rings. The molecule has 1 aliphatic carbocycles. The molecule has 0 aromatic heterocycles. The van der Waals surface area contributed by atoms with Gasteiger partial charge in [0.25, 0.3) is 0 Å². The van der Waals surface area contributed by atoms with Crippen molar-refractivity contribution >= 4 is 12.0 Å². The lowest BCUT2D eigenvalue weighted by Crippen LogP contribution is -2.42. The molecule has 6 heteroatoms. The van der Waals surface area contributed by atoms with Crippen LogP contribution in [0, 0.1) is 11.3 Å². The van der Waals surface area contributed by atoms with E-state index in [1.807, 2.05) is 12.1 Å². The van der Waals surface area contributed by atoms with Gasteiger partial charge in [0.15, 0.2) is 0 Å². The summed E-state index contributed by atoms with van der Waals surface area (Å²) >= 11 is 0. The molecule has 0 bridgehead atoms. The van der Waals surface area contributed by atoms with E-state index in [-0.39, 0.29) is 17.7 Å². The summed E-state index contributed by atoms with van der Waals surface area (Å²) < 4.78 is 0. The molecule has 1 aromatic carbocycles. The summed E-state index contributed by atoms with van der Waals surface area (Å²) in [4.78, 5) is 25.5. The quantitative estimate of drug-likeness (QED) is 0.790. The van der Waals surface area contributed by atoms with Crippen LogP contribution in [0.5, 0.6) is 5.75 Å². The van der Waals surface area contributed by atoms with Gasteiger partial charge in [-0.25, -0.2) is 4.79 Å². The number of carbonyl (C=O) groups is 2. The lowest BCUT2D eigenvalue weighted by Gasteiger charge is -2.23. The van der Waals surface area contributed by atoms with Gasteiger partial charge >= 0.3 is 12.0 Å². The Hall–Kier alpha value is -2.24. The second-order valence-corrected chi connectivity index (χ2v) is 6.58. The molecule has 2 atom stereocenters. The van der Waals surface area contributed by atoms with Crippen molar-refractivity contribution in [1.82, 2.24) is 10.2 Å². The fourth-order valence-corrected chi connectivity index (χ4v) is 3.88. The van der Waals surface area contributed by atoms with Gasteiger partial charge in [-0.3, -0.25) is 4.79 Å². The number of phenolic OH excluding ortho intramolecular Hbond substituents is 1. The fourth-order valence-electron chi connectivity index (χ4n) is 3.88. The first-order valence-electron chi connectivity index (χ1n) is 8.05. The smallest absolute Gasteiger partial charge is 0.317 e. The van der Waals surface area contributed by atoms with Crippen molar-refractivity contribution in [2.75, 3.05) is 19.6 Å². The molecule has 23 heavy (non-hydrogen) atoms. The lowest BCUT2D eigenvalue weighted by molar-refractivity contribution is -0.149. The van der Waals surface area contributed by atoms with Gasteiger partial charge in [0.2, 0.25) is 0 Å². The van der Waals surface area contributed by atoms with Crippen LogP contribution in [0.15, 0.2) is 24.3 Å². The molecule has 1 saturated carbocycles. The van der Waals surface area contributed by atoms with Crippen molar-refractivity contribution in [3.05, 3.63) is 29.8 Å². The van der Waals surface area contributed by atoms with E-state index >= 15 is 0 Å². The van der Waals surface area contributed by atoms with Gasteiger partial charge in [-0.1, -0.05) is 18.6 Å². The highest BCUT2D eigenvalue weighted by molar-refractivity contribution is 5.80. The Labute approximate surface area is 135 Å². The summed E-state index contributed by atoms with van der Waals surface area (Å²) in [6.45, 7) is 1.35. The molecule has 0 unspecified atom stereocenters. The maximum atomic E-state index is 12.3. The summed E-state index contributed by atoms with van der Waals surface area (Å²) in [5.74, 6) is -0.456. The zero-order chi connectivity index (χ0) is 16.4. The first-order valence-corrected chi connectivity index (χ1v) is 8.05. The van der Waals surface area contributed by atoms with E-state index in [0.717, 1.165) is 18.4 Å². The van der Waals surface area contributed by atoms with E-state index in [1.54, 1.807) is 17.0 Å². The Morgan fingerprint density at radius 1 is 1.30 bits per heavy atom. The first-order chi connectivity index (χ1) is 11.0. The van der Waals surface area contributed by atoms with Crippen molar-refractivity contribution in [2.45, 2.75) is 25.7 Å². The first kappa shape index (κ1) is 15.6. The van der Waals surface area contributed by atoms with Gasteiger partial charge < -0.3 is 20.4 Å². The number of fused-ring (bicyclic) bond motifs is 1. The molecule has 1 aliphatic heterocycles. The van der Waals surface area contributed by atoms with E-state index < -0.39 is 11.4 Å². The predicted octanol–water partition coefficient (Wildman–Crippen LogP) is 1.83. The summed E-state index contributed by atoms with van der Waals surface area (Å²) in [7, 11) is 0. The van der Waals surface area contributed by atoms with Crippen LogP contribution in [0.3, 0.4) is 0 Å². The summed E-state index contributed by atoms with van der Waals surface area (Å²) in [5, 5.41) is 21.6. The van der Waals surface area contributed by atoms with Crippen LogP contribution in [0.1, 0.15) is 24.8 Å². The number of nitrogens with zero attached hydrogens (tertiary/aromatic N) is 1. The zero-order valence-electron chi connectivity index (χ0n) is 13.0. The number of urea groups is 1. The van der Waals surface area contributed by atoms with Gasteiger partial charge in [0.05, 0.1) is 5.41 Å². The number of aromatic hydroxyl groups is 1. The van der Waals surface area contributed by atoms with Crippen molar-refractivity contribution in [1.29, 1.82) is 0 Å². The van der Waals surface area contributed by atoms with Crippen LogP contribution in [-0.2, 0) is 11.2 Å². The molecule has 0 spiro atoms. The topological polar surface area (TPSA) is 89.9 Å². The average Bonchev–Trinajstić information content (AvgIpc) is 3.07. The molecule has 2 fully saturated rings. The number of benzene rings is 1. The third kappa shape index (κ3) is 2.98. The number of carboxylic acids is 1. The molecular formula is C17H22N2O4. The summed E-state index contributed by atoms with van der Waals surface area (Å²) in [6, 6.07) is 6.70. The van der Waals surface area contributed by atoms with Crippen LogP contribution < -0.4 is 5.32 Å². The van der Waals surface area contributed by atoms with E-state index in [2.05, 4.69) is 5.32 Å². The van der Waals surface area contributed by atoms with Gasteiger partial charge in [0.1, 0.15) is 5.75 Å². The third-order valence-corrected chi connectivity index (χ3v) is 5.21. The minimum Gasteiger partial charge on any atom is -0.508 e. The minimum absolute atomic E-state index is 0.0860. The monoisotopic (exact) mass is 318 g/mol. The summed E-state index contributed by atoms with van der Waals surface area (Å²) in [6.07, 6.45) is 3.18. The number of likely N-dealkylation sites (tertiary alicyclic amines) is 1. The Balaban J connectivity index is 1.51. The third-order valence-electron chi connectivity index (χ3n) is 5.21. The minimum atomic E-state index is -0.764. The number of hydrogen-bond donors (Lipinski definition) is 3. The van der Waals surface area contributed by atoms with Crippen molar-refractivity contribution in [3.8, 4) is 5.75 Å². The normalized spacial score (nSPS) is 26.1. The molecule has 3 rings (SSSR count). The number of amides is 2. The Morgan fingerprint density at radius 2 is 2.04 bits per heavy atom. The summed E-state index contributed by atoms with van der Waals surface area (Å²) in [5.41, 5.74) is 0.303. The fraction of sp³-hybridized carbons (Fsp3) is 0.529. The highest BCUT2D eigenvalue weighted by Gasteiger charge is 2.55. The maximum absolute atomic E-state index is 12.3. The van der Waals surface area contributed by atoms with Gasteiger partial charge in [-0.2, -0.15) is 0 Å². The standard InChI is InChI=1S/C17H22N2O4/c20-14-5-3-12(4-6-14)7-9-18-16(23)19-10-13-2-1-8-17(13,11-19)15(21)22/h3-6,13,20H,1-2,7-11H2,(H,18,23)(H,21,22)/t13-,17+/m0/s1. The Morgan fingerprint density at radius 3 is 2.70 bits per heavy atom. The maximum Gasteiger partial charge on any atom is 0.317 e. The Bertz CT molecular complexity index is 601. The van der Waals surface area contributed by atoms with Crippen molar-refractivity contribution in [2.24, 2.45) is 11.3 Å². The SMILES string of the molecule is O=C(NCCc1ccc(O)cc1)N1C[C@@H]2CCC[C@@]2(C(=O)O)C1. The molecule has 2 aliphatic rings. The molecule has 1 heterocycles. The largest absolute Gasteiger partial charge is 0.508 e. The number of carbonyl (C=O) groups excluding carboxylic acids is 1. The van der Waals surface area contributed by atoms with E-state index in [1.165, 1.54) is 0 Å². The van der Waals surface area contributed by atoms with Gasteiger partial charge in [-0.15, -0.1) is 0 Å². The number of rotatable bonds is 4. The predicted molar refractivity (Wildman–Crippen MR) is 84.2 cm³/mol. The Kier molecular flexibility index (Phi) is 4.15. The molecular weight excluding hydrogens is 296 g/mol. The van der Waals surface area contributed by atoms with Gasteiger partial charge in [0, 0.05) is 19.6 Å². The molecule has 1 saturated heterocycles. The highest BCUT2D eigenvalue weighted by Crippen LogP contribution is 2.48. The van der Waals surface area contributed by atoms with Crippen LogP contribution in [0.2, 0.25) is 0 Å². The highest BCUT2D eigenvalue weighted by atomic mass is 16.4. The number of phenols is 1. The molecule has 2 amide bonds. The van der Waals surface area contributed by atoms with E-state index in [9.17, 15) is 19.8 Å². The van der Waals surface area contributed by atoms with Crippen molar-refractivity contribution in [3.63, 3.8) is 0 Å². The molecule has 6 nitrogen and oxygen atoms in total. The van der Waals surface area contributed by atoms with E-state index in [4.69, 9.17) is 0 Å². The van der Waals surface area contributed by atoms with E-state index in [0.29, 0.717) is 32.5 Å². The molecule has 0 radical (unpaired) electrons. The van der Waals surface area contributed by atoms with Crippen LogP contribution in [0.4, 0.5) is 4.79 Å². The number of aliphatic carboxylic acids is 1. The molecule has 3 N–H and O–H groups in total. The van der Waals surface area contributed by atoms with Crippen LogP contribution in [-0.4, -0.2) is 46.7 Å². The molecule has 124 valence electrons. The second-order valence-electron chi connectivity index (χ2n) is 6.58. The van der Waals surface area contributed by atoms with Gasteiger partial charge in [-0.05, 0) is 42.9 Å². The average molecular weight is 318 g/mol. The number of nitrogens with one attached hydrogen (secondary N) is 1.